The van der Waals surface area contributed by atoms with E-state index >= 15 is 0 Å². The van der Waals surface area contributed by atoms with E-state index in [-0.39, 0.29) is 17.5 Å². The molecule has 0 spiro atoms. The van der Waals surface area contributed by atoms with Crippen LogP contribution in [0.15, 0.2) is 40.9 Å². The molecule has 3 rings (SSSR count). The van der Waals surface area contributed by atoms with E-state index in [1.165, 1.54) is 10.7 Å². The standard InChI is InChI=1S/C16H16ClN5O2/c1-10(9-18-15(23)12-8-13(17)22(2)20-12)16-19-14(21-24-16)11-6-4-3-5-7-11/h3-8,10H,9H2,1-2H3,(H,18,23). The highest BCUT2D eigenvalue weighted by Gasteiger charge is 2.18. The van der Waals surface area contributed by atoms with Crippen molar-refractivity contribution in [3.63, 3.8) is 0 Å². The number of hydrogen-bond donors (Lipinski definition) is 1. The van der Waals surface area contributed by atoms with E-state index in [0.717, 1.165) is 5.56 Å². The van der Waals surface area contributed by atoms with E-state index in [2.05, 4.69) is 20.6 Å². The maximum absolute atomic E-state index is 12.1. The van der Waals surface area contributed by atoms with Gasteiger partial charge in [-0.3, -0.25) is 9.48 Å². The van der Waals surface area contributed by atoms with Gasteiger partial charge in [-0.2, -0.15) is 10.1 Å². The third-order valence-electron chi connectivity index (χ3n) is 3.52. The first-order chi connectivity index (χ1) is 11.5. The second-order valence-corrected chi connectivity index (χ2v) is 5.80. The number of aromatic nitrogens is 4. The number of halogens is 1. The van der Waals surface area contributed by atoms with Crippen molar-refractivity contribution >= 4 is 17.5 Å². The van der Waals surface area contributed by atoms with Crippen molar-refractivity contribution in [2.45, 2.75) is 12.8 Å². The van der Waals surface area contributed by atoms with Crippen molar-refractivity contribution in [2.75, 3.05) is 6.54 Å². The number of nitrogens with one attached hydrogen (secondary N) is 1. The van der Waals surface area contributed by atoms with E-state index in [0.29, 0.717) is 23.4 Å². The molecule has 0 radical (unpaired) electrons. The van der Waals surface area contributed by atoms with Crippen LogP contribution in [0.2, 0.25) is 5.15 Å². The molecule has 0 aliphatic heterocycles. The van der Waals surface area contributed by atoms with Crippen molar-refractivity contribution in [3.8, 4) is 11.4 Å². The first-order valence-corrected chi connectivity index (χ1v) is 7.79. The molecule has 2 heterocycles. The number of aryl methyl sites for hydroxylation is 1. The zero-order valence-electron chi connectivity index (χ0n) is 13.2. The molecule has 7 nitrogen and oxygen atoms in total. The minimum atomic E-state index is -0.299. The molecule has 0 fully saturated rings. The van der Waals surface area contributed by atoms with Gasteiger partial charge < -0.3 is 9.84 Å². The lowest BCUT2D eigenvalue weighted by molar-refractivity contribution is 0.0944. The molecular weight excluding hydrogens is 330 g/mol. The fraction of sp³-hybridized carbons (Fsp3) is 0.250. The van der Waals surface area contributed by atoms with Crippen LogP contribution in [0, 0.1) is 0 Å². The molecule has 0 aliphatic carbocycles. The topological polar surface area (TPSA) is 85.8 Å². The van der Waals surface area contributed by atoms with E-state index in [1.807, 2.05) is 37.3 Å². The number of benzene rings is 1. The molecule has 1 N–H and O–H groups in total. The normalized spacial score (nSPS) is 12.1. The average molecular weight is 346 g/mol. The highest BCUT2D eigenvalue weighted by molar-refractivity contribution is 6.29. The van der Waals surface area contributed by atoms with Crippen LogP contribution in [-0.2, 0) is 7.05 Å². The Morgan fingerprint density at radius 1 is 1.38 bits per heavy atom. The lowest BCUT2D eigenvalue weighted by Crippen LogP contribution is -2.28. The Kier molecular flexibility index (Phi) is 4.61. The number of hydrogen-bond acceptors (Lipinski definition) is 5. The zero-order valence-corrected chi connectivity index (χ0v) is 14.0. The van der Waals surface area contributed by atoms with Gasteiger partial charge in [-0.1, -0.05) is 54.0 Å². The summed E-state index contributed by atoms with van der Waals surface area (Å²) in [6.45, 7) is 2.25. The predicted octanol–water partition coefficient (Wildman–Crippen LogP) is 2.66. The van der Waals surface area contributed by atoms with Crippen molar-refractivity contribution in [2.24, 2.45) is 7.05 Å². The Labute approximate surface area is 143 Å². The monoisotopic (exact) mass is 345 g/mol. The molecule has 0 saturated heterocycles. The van der Waals surface area contributed by atoms with Crippen molar-refractivity contribution in [3.05, 3.63) is 53.1 Å². The number of nitrogens with zero attached hydrogens (tertiary/aromatic N) is 4. The molecule has 124 valence electrons. The highest BCUT2D eigenvalue weighted by Crippen LogP contribution is 2.19. The van der Waals surface area contributed by atoms with Gasteiger partial charge in [-0.05, 0) is 0 Å². The molecule has 2 aromatic heterocycles. The first kappa shape index (κ1) is 16.2. The molecule has 1 aromatic carbocycles. The molecule has 8 heteroatoms. The summed E-state index contributed by atoms with van der Waals surface area (Å²) >= 11 is 5.88. The summed E-state index contributed by atoms with van der Waals surface area (Å²) in [5, 5.41) is 11.2. The second kappa shape index (κ2) is 6.84. The van der Waals surface area contributed by atoms with Crippen LogP contribution >= 0.6 is 11.6 Å². The molecule has 0 bridgehead atoms. The molecule has 24 heavy (non-hydrogen) atoms. The minimum absolute atomic E-state index is 0.127. The van der Waals surface area contributed by atoms with Gasteiger partial charge in [0.05, 0.1) is 5.92 Å². The van der Waals surface area contributed by atoms with Crippen LogP contribution in [0.1, 0.15) is 29.2 Å². The Morgan fingerprint density at radius 2 is 2.12 bits per heavy atom. The summed E-state index contributed by atoms with van der Waals surface area (Å²) in [6, 6.07) is 11.1. The van der Waals surface area contributed by atoms with Gasteiger partial charge in [-0.25, -0.2) is 0 Å². The maximum atomic E-state index is 12.1. The molecule has 3 aromatic rings. The van der Waals surface area contributed by atoms with Crippen LogP contribution in [0.25, 0.3) is 11.4 Å². The van der Waals surface area contributed by atoms with Crippen LogP contribution in [-0.4, -0.2) is 32.4 Å². The second-order valence-electron chi connectivity index (χ2n) is 5.41. The zero-order chi connectivity index (χ0) is 17.1. The van der Waals surface area contributed by atoms with Crippen LogP contribution in [0.4, 0.5) is 0 Å². The fourth-order valence-corrected chi connectivity index (χ4v) is 2.26. The van der Waals surface area contributed by atoms with Gasteiger partial charge in [0.2, 0.25) is 11.7 Å². The van der Waals surface area contributed by atoms with E-state index < -0.39 is 0 Å². The summed E-state index contributed by atoms with van der Waals surface area (Å²) in [7, 11) is 1.67. The number of carbonyl (C=O) groups excluding carboxylic acids is 1. The summed E-state index contributed by atoms with van der Waals surface area (Å²) in [4.78, 5) is 16.4. The lowest BCUT2D eigenvalue weighted by Gasteiger charge is -2.07. The van der Waals surface area contributed by atoms with E-state index in [9.17, 15) is 4.79 Å². The smallest absolute Gasteiger partial charge is 0.271 e. The molecule has 0 aliphatic rings. The Hall–Kier alpha value is -2.67. The largest absolute Gasteiger partial charge is 0.350 e. The van der Waals surface area contributed by atoms with Gasteiger partial charge >= 0.3 is 0 Å². The average Bonchev–Trinajstić information content (AvgIpc) is 3.21. The third-order valence-corrected chi connectivity index (χ3v) is 3.87. The van der Waals surface area contributed by atoms with Crippen LogP contribution < -0.4 is 5.32 Å². The van der Waals surface area contributed by atoms with Gasteiger partial charge in [0.1, 0.15) is 5.15 Å². The van der Waals surface area contributed by atoms with Crippen molar-refractivity contribution < 1.29 is 9.32 Å². The van der Waals surface area contributed by atoms with Gasteiger partial charge in [0.25, 0.3) is 5.91 Å². The Balaban J connectivity index is 1.62. The summed E-state index contributed by atoms with van der Waals surface area (Å²) in [5.41, 5.74) is 1.15. The summed E-state index contributed by atoms with van der Waals surface area (Å²) in [5.74, 6) is 0.568. The van der Waals surface area contributed by atoms with Gasteiger partial charge in [-0.15, -0.1) is 0 Å². The fourth-order valence-electron chi connectivity index (χ4n) is 2.12. The van der Waals surface area contributed by atoms with E-state index in [4.69, 9.17) is 16.1 Å². The highest BCUT2D eigenvalue weighted by atomic mass is 35.5. The molecular formula is C16H16ClN5O2. The van der Waals surface area contributed by atoms with Crippen LogP contribution in [0.3, 0.4) is 0 Å². The van der Waals surface area contributed by atoms with Crippen molar-refractivity contribution in [1.82, 2.24) is 25.2 Å². The minimum Gasteiger partial charge on any atom is -0.350 e. The Morgan fingerprint density at radius 3 is 2.79 bits per heavy atom. The lowest BCUT2D eigenvalue weighted by atomic mass is 10.1. The van der Waals surface area contributed by atoms with E-state index in [1.54, 1.807) is 7.05 Å². The quantitative estimate of drug-likeness (QED) is 0.768. The Bertz CT molecular complexity index is 824. The number of amides is 1. The van der Waals surface area contributed by atoms with Crippen LogP contribution in [0.5, 0.6) is 0 Å². The number of carbonyl (C=O) groups is 1. The molecule has 1 unspecified atom stereocenters. The molecule has 1 atom stereocenters. The van der Waals surface area contributed by atoms with Gasteiger partial charge in [0, 0.05) is 25.2 Å². The summed E-state index contributed by atoms with van der Waals surface area (Å²) < 4.78 is 6.72. The maximum Gasteiger partial charge on any atom is 0.271 e. The van der Waals surface area contributed by atoms with Crippen molar-refractivity contribution in [1.29, 1.82) is 0 Å². The first-order valence-electron chi connectivity index (χ1n) is 7.41. The molecule has 0 saturated carbocycles. The predicted molar refractivity (Wildman–Crippen MR) is 88.7 cm³/mol. The summed E-state index contributed by atoms with van der Waals surface area (Å²) in [6.07, 6.45) is 0. The third kappa shape index (κ3) is 3.46. The molecule has 1 amide bonds. The van der Waals surface area contributed by atoms with Gasteiger partial charge in [0.15, 0.2) is 5.69 Å². The number of rotatable bonds is 5. The SMILES string of the molecule is CC(CNC(=O)c1cc(Cl)n(C)n1)c1nc(-c2ccccc2)no1.